The Bertz CT molecular complexity index is 1060. The summed E-state index contributed by atoms with van der Waals surface area (Å²) in [6.45, 7) is 10.2. The fraction of sp³-hybridized carbons (Fsp3) is 0.556. The van der Waals surface area contributed by atoms with Gasteiger partial charge in [-0.2, -0.15) is 5.26 Å². The largest absolute Gasteiger partial charge is 0.497 e. The average Bonchev–Trinajstić information content (AvgIpc) is 2.87. The van der Waals surface area contributed by atoms with Crippen molar-refractivity contribution in [2.24, 2.45) is 0 Å². The van der Waals surface area contributed by atoms with Crippen molar-refractivity contribution >= 4 is 17.6 Å². The highest BCUT2D eigenvalue weighted by molar-refractivity contribution is 7.99. The highest BCUT2D eigenvalue weighted by Gasteiger charge is 2.33. The normalized spacial score (nSPS) is 17.6. The van der Waals surface area contributed by atoms with Crippen LogP contribution in [0, 0.1) is 11.3 Å². The van der Waals surface area contributed by atoms with Gasteiger partial charge in [-0.1, -0.05) is 12.1 Å². The maximum atomic E-state index is 10.2. The minimum Gasteiger partial charge on any atom is -0.497 e. The van der Waals surface area contributed by atoms with E-state index in [1.54, 1.807) is 26.0 Å². The molecule has 7 nitrogen and oxygen atoms in total. The van der Waals surface area contributed by atoms with Crippen LogP contribution in [0.2, 0.25) is 0 Å². The van der Waals surface area contributed by atoms with E-state index in [1.165, 1.54) is 5.56 Å². The lowest BCUT2D eigenvalue weighted by Gasteiger charge is -2.39. The number of pyridine rings is 1. The summed E-state index contributed by atoms with van der Waals surface area (Å²) in [6, 6.07) is 10.6. The Kier molecular flexibility index (Phi) is 8.55. The van der Waals surface area contributed by atoms with Gasteiger partial charge in [0.15, 0.2) is 0 Å². The highest BCUT2D eigenvalue weighted by Crippen LogP contribution is 2.39. The van der Waals surface area contributed by atoms with Crippen molar-refractivity contribution < 1.29 is 14.2 Å². The molecule has 1 saturated heterocycles. The molecule has 35 heavy (non-hydrogen) atoms. The number of methoxy groups -OCH3 is 2. The van der Waals surface area contributed by atoms with Gasteiger partial charge in [0.25, 0.3) is 0 Å². The number of fused-ring (bicyclic) bond motifs is 1. The summed E-state index contributed by atoms with van der Waals surface area (Å²) < 4.78 is 16.8. The predicted molar refractivity (Wildman–Crippen MR) is 139 cm³/mol. The molecule has 0 atom stereocenters. The van der Waals surface area contributed by atoms with E-state index in [0.29, 0.717) is 6.61 Å². The van der Waals surface area contributed by atoms with E-state index in [0.717, 1.165) is 91.2 Å². The van der Waals surface area contributed by atoms with Crippen LogP contribution >= 0.6 is 11.8 Å². The first-order valence-electron chi connectivity index (χ1n) is 12.3. The van der Waals surface area contributed by atoms with Gasteiger partial charge in [-0.3, -0.25) is 4.90 Å². The molecule has 0 bridgehead atoms. The molecule has 1 aromatic carbocycles. The van der Waals surface area contributed by atoms with Crippen LogP contribution in [0.25, 0.3) is 0 Å². The third-order valence-electron chi connectivity index (χ3n) is 6.73. The Labute approximate surface area is 213 Å². The van der Waals surface area contributed by atoms with Crippen LogP contribution in [-0.4, -0.2) is 74.8 Å². The maximum Gasteiger partial charge on any atom is 0.135 e. The Morgan fingerprint density at radius 1 is 1.17 bits per heavy atom. The zero-order valence-electron chi connectivity index (χ0n) is 21.3. The third-order valence-corrected chi connectivity index (χ3v) is 7.70. The molecule has 188 valence electrons. The Hall–Kier alpha value is -2.31. The minimum absolute atomic E-state index is 0.293. The quantitative estimate of drug-likeness (QED) is 0.484. The second-order valence-corrected chi connectivity index (χ2v) is 10.8. The number of aromatic nitrogens is 1. The molecule has 1 aromatic heterocycles. The molecule has 0 aliphatic carbocycles. The van der Waals surface area contributed by atoms with Crippen molar-refractivity contribution in [3.05, 3.63) is 46.5 Å². The van der Waals surface area contributed by atoms with Gasteiger partial charge in [-0.25, -0.2) is 4.98 Å². The number of ether oxygens (including phenoxy) is 3. The van der Waals surface area contributed by atoms with Crippen LogP contribution in [0.15, 0.2) is 29.3 Å². The summed E-state index contributed by atoms with van der Waals surface area (Å²) in [4.78, 5) is 9.90. The van der Waals surface area contributed by atoms with E-state index in [4.69, 9.17) is 19.2 Å². The van der Waals surface area contributed by atoms with Gasteiger partial charge in [0.05, 0.1) is 31.5 Å². The fourth-order valence-electron chi connectivity index (χ4n) is 4.70. The number of aryl methyl sites for hydroxylation is 1. The number of rotatable bonds is 9. The lowest BCUT2D eigenvalue weighted by Crippen LogP contribution is -2.48. The first-order chi connectivity index (χ1) is 16.9. The van der Waals surface area contributed by atoms with Crippen molar-refractivity contribution in [2.75, 3.05) is 64.2 Å². The number of nitriles is 1. The number of piperazine rings is 1. The third kappa shape index (κ3) is 6.28. The van der Waals surface area contributed by atoms with E-state index in [1.807, 2.05) is 12.1 Å². The highest BCUT2D eigenvalue weighted by atomic mass is 32.2. The molecule has 0 spiro atoms. The number of anilines is 1. The van der Waals surface area contributed by atoms with E-state index in [9.17, 15) is 5.26 Å². The summed E-state index contributed by atoms with van der Waals surface area (Å²) in [5.41, 5.74) is 3.84. The Balaban J connectivity index is 1.58. The number of nitrogens with zero attached hydrogens (tertiary/aromatic N) is 4. The van der Waals surface area contributed by atoms with Crippen molar-refractivity contribution in [3.8, 4) is 11.8 Å². The number of benzene rings is 1. The summed E-state index contributed by atoms with van der Waals surface area (Å²) in [6.07, 6.45) is 1.60. The summed E-state index contributed by atoms with van der Waals surface area (Å²) in [7, 11) is 3.44. The molecule has 2 aliphatic rings. The second kappa shape index (κ2) is 11.6. The fourth-order valence-corrected chi connectivity index (χ4v) is 5.70. The summed E-state index contributed by atoms with van der Waals surface area (Å²) in [5.74, 6) is 2.70. The van der Waals surface area contributed by atoms with Gasteiger partial charge >= 0.3 is 0 Å². The van der Waals surface area contributed by atoms with Crippen molar-refractivity contribution in [3.63, 3.8) is 0 Å². The number of hydrogen-bond donors (Lipinski definition) is 0. The Morgan fingerprint density at radius 3 is 2.69 bits per heavy atom. The first-order valence-corrected chi connectivity index (χ1v) is 13.2. The van der Waals surface area contributed by atoms with Crippen LogP contribution in [0.5, 0.6) is 5.75 Å². The topological polar surface area (TPSA) is 70.8 Å². The van der Waals surface area contributed by atoms with Gasteiger partial charge in [-0.15, -0.1) is 11.8 Å². The maximum absolute atomic E-state index is 10.2. The van der Waals surface area contributed by atoms with Crippen molar-refractivity contribution in [2.45, 2.75) is 43.9 Å². The van der Waals surface area contributed by atoms with Crippen LogP contribution in [0.1, 0.15) is 36.1 Å². The Morgan fingerprint density at radius 2 is 1.97 bits per heavy atom. The number of hydrogen-bond acceptors (Lipinski definition) is 8. The van der Waals surface area contributed by atoms with Crippen LogP contribution < -0.4 is 9.64 Å². The lowest BCUT2D eigenvalue weighted by atomic mass is 9.89. The van der Waals surface area contributed by atoms with Crippen LogP contribution in [0.3, 0.4) is 0 Å². The number of thioether (sulfide) groups is 1. The molecule has 1 fully saturated rings. The predicted octanol–water partition coefficient (Wildman–Crippen LogP) is 3.92. The zero-order chi connectivity index (χ0) is 24.8. The molecule has 0 N–H and O–H groups in total. The molecule has 4 rings (SSSR count). The van der Waals surface area contributed by atoms with Gasteiger partial charge in [0.1, 0.15) is 22.7 Å². The molecule has 0 radical (unpaired) electrons. The minimum atomic E-state index is -0.293. The van der Waals surface area contributed by atoms with Gasteiger partial charge in [0.2, 0.25) is 0 Å². The molecule has 0 unspecified atom stereocenters. The van der Waals surface area contributed by atoms with E-state index < -0.39 is 0 Å². The zero-order valence-corrected chi connectivity index (χ0v) is 22.1. The molecule has 2 aromatic rings. The van der Waals surface area contributed by atoms with Gasteiger partial charge in [0, 0.05) is 57.6 Å². The lowest BCUT2D eigenvalue weighted by molar-refractivity contribution is -0.0402. The van der Waals surface area contributed by atoms with Gasteiger partial charge in [-0.05, 0) is 43.5 Å². The molecule has 0 amide bonds. The van der Waals surface area contributed by atoms with E-state index in [2.05, 4.69) is 41.8 Å². The molecule has 8 heteroatoms. The van der Waals surface area contributed by atoms with Crippen LogP contribution in [-0.2, 0) is 28.9 Å². The average molecular weight is 497 g/mol. The van der Waals surface area contributed by atoms with Crippen LogP contribution in [0.4, 0.5) is 5.82 Å². The molecule has 2 aliphatic heterocycles. The summed E-state index contributed by atoms with van der Waals surface area (Å²) in [5, 5.41) is 11.0. The SMILES string of the molecule is COCCN1CCN(c2nc(SCCc3cccc(OC)c3)c(C#N)c3c2COC(C)(C)C3)CC1. The van der Waals surface area contributed by atoms with E-state index >= 15 is 0 Å². The second-order valence-electron chi connectivity index (χ2n) is 9.68. The summed E-state index contributed by atoms with van der Waals surface area (Å²) >= 11 is 1.67. The molecule has 0 saturated carbocycles. The molecule has 3 heterocycles. The molecular formula is C27H36N4O3S. The first kappa shape index (κ1) is 25.8. The van der Waals surface area contributed by atoms with E-state index in [-0.39, 0.29) is 5.60 Å². The monoisotopic (exact) mass is 496 g/mol. The van der Waals surface area contributed by atoms with Crippen molar-refractivity contribution in [1.82, 2.24) is 9.88 Å². The standard InChI is InChI=1S/C27H36N4O3S/c1-27(2)17-22-23(18-28)26(35-15-8-20-6-5-7-21(16-20)33-4)29-25(24(22)19-34-27)31-11-9-30(10-12-31)13-14-32-3/h5-7,16H,8-15,17,19H2,1-4H3. The van der Waals surface area contributed by atoms with Gasteiger partial charge < -0.3 is 19.1 Å². The van der Waals surface area contributed by atoms with Crippen molar-refractivity contribution in [1.29, 1.82) is 5.26 Å². The smallest absolute Gasteiger partial charge is 0.135 e. The molecular weight excluding hydrogens is 460 g/mol.